The molecule has 108 valence electrons. The molecule has 0 amide bonds. The maximum absolute atomic E-state index is 11.2. The van der Waals surface area contributed by atoms with Crippen LogP contribution in [0.5, 0.6) is 0 Å². The Morgan fingerprint density at radius 3 is 2.90 bits per heavy atom. The SMILES string of the molecule is CC(C)Cc1nn(-c2ccncn2)c2sc(C(=O)O)cc12. The van der Waals surface area contributed by atoms with Gasteiger partial charge in [0.1, 0.15) is 16.0 Å². The van der Waals surface area contributed by atoms with Crippen LogP contribution in [0.1, 0.15) is 29.2 Å². The van der Waals surface area contributed by atoms with E-state index >= 15 is 0 Å². The van der Waals surface area contributed by atoms with Crippen LogP contribution in [0, 0.1) is 5.92 Å². The number of rotatable bonds is 4. The molecule has 3 aromatic heterocycles. The van der Waals surface area contributed by atoms with Gasteiger partial charge in [0, 0.05) is 17.6 Å². The highest BCUT2D eigenvalue weighted by Gasteiger charge is 2.19. The number of nitrogens with zero attached hydrogens (tertiary/aromatic N) is 4. The molecule has 0 aromatic carbocycles. The van der Waals surface area contributed by atoms with E-state index in [4.69, 9.17) is 0 Å². The first-order valence-corrected chi connectivity index (χ1v) is 7.39. The summed E-state index contributed by atoms with van der Waals surface area (Å²) in [6.45, 7) is 4.22. The van der Waals surface area contributed by atoms with Crippen molar-refractivity contribution in [2.24, 2.45) is 5.92 Å². The van der Waals surface area contributed by atoms with Gasteiger partial charge in [0.25, 0.3) is 0 Å². The lowest BCUT2D eigenvalue weighted by atomic mass is 10.1. The molecule has 0 saturated heterocycles. The van der Waals surface area contributed by atoms with Crippen molar-refractivity contribution in [2.75, 3.05) is 0 Å². The minimum absolute atomic E-state index is 0.315. The van der Waals surface area contributed by atoms with Crippen LogP contribution < -0.4 is 0 Å². The van der Waals surface area contributed by atoms with Crippen LogP contribution in [0.4, 0.5) is 0 Å². The number of carboxylic acids is 1. The van der Waals surface area contributed by atoms with E-state index in [0.29, 0.717) is 16.6 Å². The van der Waals surface area contributed by atoms with Gasteiger partial charge in [-0.05, 0) is 18.4 Å². The third kappa shape index (κ3) is 2.52. The molecule has 21 heavy (non-hydrogen) atoms. The monoisotopic (exact) mass is 302 g/mol. The zero-order valence-electron chi connectivity index (χ0n) is 11.6. The van der Waals surface area contributed by atoms with Crippen LogP contribution in [0.15, 0.2) is 24.7 Å². The number of thiophene rings is 1. The first-order valence-electron chi connectivity index (χ1n) is 6.57. The van der Waals surface area contributed by atoms with Gasteiger partial charge in [0.2, 0.25) is 0 Å². The van der Waals surface area contributed by atoms with Crippen LogP contribution >= 0.6 is 11.3 Å². The van der Waals surface area contributed by atoms with Crippen molar-refractivity contribution in [2.45, 2.75) is 20.3 Å². The first kappa shape index (κ1) is 13.7. The van der Waals surface area contributed by atoms with Gasteiger partial charge in [-0.3, -0.25) is 0 Å². The second-order valence-corrected chi connectivity index (χ2v) is 6.19. The summed E-state index contributed by atoms with van der Waals surface area (Å²) < 4.78 is 1.70. The van der Waals surface area contributed by atoms with Gasteiger partial charge < -0.3 is 5.11 Å². The van der Waals surface area contributed by atoms with E-state index in [9.17, 15) is 9.90 Å². The highest BCUT2D eigenvalue weighted by atomic mass is 32.1. The molecule has 1 N–H and O–H groups in total. The summed E-state index contributed by atoms with van der Waals surface area (Å²) in [6.07, 6.45) is 3.89. The van der Waals surface area contributed by atoms with Crippen LogP contribution in [0.3, 0.4) is 0 Å². The quantitative estimate of drug-likeness (QED) is 0.801. The lowest BCUT2D eigenvalue weighted by Crippen LogP contribution is -2.02. The molecule has 3 aromatic rings. The second-order valence-electron chi connectivity index (χ2n) is 5.16. The molecule has 0 radical (unpaired) electrons. The van der Waals surface area contributed by atoms with Gasteiger partial charge in [-0.2, -0.15) is 5.10 Å². The van der Waals surface area contributed by atoms with Crippen molar-refractivity contribution in [1.29, 1.82) is 0 Å². The predicted molar refractivity (Wildman–Crippen MR) is 80.0 cm³/mol. The lowest BCUT2D eigenvalue weighted by Gasteiger charge is -2.01. The molecule has 7 heteroatoms. The van der Waals surface area contributed by atoms with Gasteiger partial charge in [-0.1, -0.05) is 13.8 Å². The molecule has 0 aliphatic carbocycles. The van der Waals surface area contributed by atoms with Crippen LogP contribution in [-0.4, -0.2) is 30.8 Å². The predicted octanol–water partition coefficient (Wildman–Crippen LogP) is 2.77. The van der Waals surface area contributed by atoms with E-state index in [1.54, 1.807) is 23.0 Å². The first-order chi connectivity index (χ1) is 10.1. The van der Waals surface area contributed by atoms with Crippen molar-refractivity contribution < 1.29 is 9.90 Å². The summed E-state index contributed by atoms with van der Waals surface area (Å²) in [5, 5.41) is 14.7. The molecule has 0 atom stereocenters. The van der Waals surface area contributed by atoms with E-state index in [1.807, 2.05) is 0 Å². The van der Waals surface area contributed by atoms with Gasteiger partial charge in [0.05, 0.1) is 5.69 Å². The zero-order chi connectivity index (χ0) is 15.0. The normalized spacial score (nSPS) is 11.4. The standard InChI is InChI=1S/C14H14N4O2S/c1-8(2)5-10-9-6-11(14(19)20)21-13(9)18(17-10)12-3-4-15-7-16-12/h3-4,6-8H,5H2,1-2H3,(H,19,20). The Labute approximate surface area is 125 Å². The van der Waals surface area contributed by atoms with Crippen molar-refractivity contribution in [3.05, 3.63) is 35.2 Å². The highest BCUT2D eigenvalue weighted by Crippen LogP contribution is 2.31. The number of aromatic carboxylic acids is 1. The fourth-order valence-corrected chi connectivity index (χ4v) is 3.15. The second kappa shape index (κ2) is 5.25. The molecule has 0 spiro atoms. The molecule has 0 bridgehead atoms. The average Bonchev–Trinajstić information content (AvgIpc) is 3.00. The molecule has 3 rings (SSSR count). The largest absolute Gasteiger partial charge is 0.477 e. The van der Waals surface area contributed by atoms with Gasteiger partial charge in [-0.15, -0.1) is 11.3 Å². The number of aromatic nitrogens is 4. The van der Waals surface area contributed by atoms with E-state index in [-0.39, 0.29) is 0 Å². The summed E-state index contributed by atoms with van der Waals surface area (Å²) in [5.41, 5.74) is 0.905. The topological polar surface area (TPSA) is 80.9 Å². The Hall–Kier alpha value is -2.28. The number of fused-ring (bicyclic) bond motifs is 1. The smallest absolute Gasteiger partial charge is 0.345 e. The third-order valence-corrected chi connectivity index (χ3v) is 4.13. The Morgan fingerprint density at radius 1 is 1.48 bits per heavy atom. The number of hydrogen-bond donors (Lipinski definition) is 1. The van der Waals surface area contributed by atoms with E-state index in [1.165, 1.54) is 17.7 Å². The molecular weight excluding hydrogens is 288 g/mol. The number of carbonyl (C=O) groups is 1. The summed E-state index contributed by atoms with van der Waals surface area (Å²) in [4.78, 5) is 20.4. The number of carboxylic acid groups (broad SMARTS) is 1. The van der Waals surface area contributed by atoms with Gasteiger partial charge in [0.15, 0.2) is 5.82 Å². The summed E-state index contributed by atoms with van der Waals surface area (Å²) in [7, 11) is 0. The van der Waals surface area contributed by atoms with E-state index in [0.717, 1.165) is 22.3 Å². The molecule has 3 heterocycles. The van der Waals surface area contributed by atoms with Crippen molar-refractivity contribution in [1.82, 2.24) is 19.7 Å². The summed E-state index contributed by atoms with van der Waals surface area (Å²) in [5.74, 6) is 0.167. The Balaban J connectivity index is 2.21. The third-order valence-electron chi connectivity index (χ3n) is 3.03. The molecule has 0 unspecified atom stereocenters. The van der Waals surface area contributed by atoms with Gasteiger partial charge >= 0.3 is 5.97 Å². The average molecular weight is 302 g/mol. The van der Waals surface area contributed by atoms with Crippen LogP contribution in [0.2, 0.25) is 0 Å². The Morgan fingerprint density at radius 2 is 2.29 bits per heavy atom. The van der Waals surface area contributed by atoms with Crippen molar-refractivity contribution in [3.63, 3.8) is 0 Å². The molecule has 0 aliphatic heterocycles. The highest BCUT2D eigenvalue weighted by molar-refractivity contribution is 7.20. The molecule has 6 nitrogen and oxygen atoms in total. The fraction of sp³-hybridized carbons (Fsp3) is 0.286. The van der Waals surface area contributed by atoms with Crippen LogP contribution in [0.25, 0.3) is 16.0 Å². The molecular formula is C14H14N4O2S. The minimum Gasteiger partial charge on any atom is -0.477 e. The molecule has 0 saturated carbocycles. The minimum atomic E-state index is -0.916. The fourth-order valence-electron chi connectivity index (χ4n) is 2.17. The molecule has 0 aliphatic rings. The maximum Gasteiger partial charge on any atom is 0.345 e. The zero-order valence-corrected chi connectivity index (χ0v) is 12.5. The van der Waals surface area contributed by atoms with E-state index < -0.39 is 5.97 Å². The van der Waals surface area contributed by atoms with Crippen LogP contribution in [-0.2, 0) is 6.42 Å². The van der Waals surface area contributed by atoms with Crippen molar-refractivity contribution >= 4 is 27.5 Å². The molecule has 0 fully saturated rings. The summed E-state index contributed by atoms with van der Waals surface area (Å²) >= 11 is 1.22. The lowest BCUT2D eigenvalue weighted by molar-refractivity contribution is 0.0702. The van der Waals surface area contributed by atoms with Gasteiger partial charge in [-0.25, -0.2) is 19.4 Å². The Bertz CT molecular complexity index is 792. The maximum atomic E-state index is 11.2. The summed E-state index contributed by atoms with van der Waals surface area (Å²) in [6, 6.07) is 3.45. The number of hydrogen-bond acceptors (Lipinski definition) is 5. The van der Waals surface area contributed by atoms with E-state index in [2.05, 4.69) is 28.9 Å². The van der Waals surface area contributed by atoms with Crippen molar-refractivity contribution in [3.8, 4) is 5.82 Å². The Kier molecular flexibility index (Phi) is 3.42.